The topological polar surface area (TPSA) is 82.2 Å². The van der Waals surface area contributed by atoms with Gasteiger partial charge in [0.15, 0.2) is 5.15 Å². The van der Waals surface area contributed by atoms with Crippen LogP contribution in [0.4, 0.5) is 13.2 Å². The van der Waals surface area contributed by atoms with Crippen molar-refractivity contribution in [2.75, 3.05) is 19.7 Å². The summed E-state index contributed by atoms with van der Waals surface area (Å²) in [4.78, 5) is 18.9. The summed E-state index contributed by atoms with van der Waals surface area (Å²) in [5, 5.41) is 17.7. The van der Waals surface area contributed by atoms with Gasteiger partial charge in [0.25, 0.3) is 5.91 Å². The lowest BCUT2D eigenvalue weighted by Crippen LogP contribution is -2.42. The molecule has 3 rings (SSSR count). The highest BCUT2D eigenvalue weighted by atomic mass is 35.5. The zero-order valence-corrected chi connectivity index (χ0v) is 18.7. The highest BCUT2D eigenvalue weighted by Crippen LogP contribution is 2.33. The summed E-state index contributed by atoms with van der Waals surface area (Å²) in [6, 6.07) is 4.74. The second-order valence-corrected chi connectivity index (χ2v) is 8.38. The quantitative estimate of drug-likeness (QED) is 0.603. The number of nitrogens with one attached hydrogen (secondary N) is 1. The van der Waals surface area contributed by atoms with Crippen LogP contribution in [0.1, 0.15) is 42.2 Å². The first-order chi connectivity index (χ1) is 15.1. The van der Waals surface area contributed by atoms with Crippen molar-refractivity contribution in [3.05, 3.63) is 40.7 Å². The molecule has 2 heterocycles. The molecule has 1 amide bonds. The molecule has 0 saturated carbocycles. The Morgan fingerprint density at radius 2 is 2.00 bits per heavy atom. The average molecular weight is 471 g/mol. The fraction of sp³-hybridized carbons (Fsp3) is 0.500. The number of aliphatic hydroxyl groups is 1. The minimum absolute atomic E-state index is 0.0128. The Bertz CT molecular complexity index is 994. The summed E-state index contributed by atoms with van der Waals surface area (Å²) < 4.78 is 40.7. The minimum atomic E-state index is -4.49. The van der Waals surface area contributed by atoms with Crippen LogP contribution in [0, 0.1) is 17.2 Å². The van der Waals surface area contributed by atoms with Crippen LogP contribution in [0.5, 0.6) is 0 Å². The summed E-state index contributed by atoms with van der Waals surface area (Å²) in [7, 11) is 1.55. The van der Waals surface area contributed by atoms with Gasteiger partial charge in [0, 0.05) is 43.2 Å². The van der Waals surface area contributed by atoms with Crippen LogP contribution in [-0.4, -0.2) is 50.9 Å². The number of aromatic nitrogens is 2. The van der Waals surface area contributed by atoms with Crippen LogP contribution in [0.15, 0.2) is 24.3 Å². The maximum Gasteiger partial charge on any atom is 0.416 e. The zero-order chi connectivity index (χ0) is 23.6. The normalized spacial score (nSPS) is 16.3. The predicted molar refractivity (Wildman–Crippen MR) is 116 cm³/mol. The number of piperidine rings is 1. The summed E-state index contributed by atoms with van der Waals surface area (Å²) in [5.74, 6) is -0.320. The number of hydrogen-bond acceptors (Lipinski definition) is 4. The number of carbonyl (C=O) groups is 1. The van der Waals surface area contributed by atoms with E-state index in [0.717, 1.165) is 12.1 Å². The van der Waals surface area contributed by atoms with Crippen LogP contribution < -0.4 is 0 Å². The van der Waals surface area contributed by atoms with Crippen LogP contribution in [0.25, 0.3) is 11.4 Å². The van der Waals surface area contributed by atoms with Crippen LogP contribution in [-0.2, 0) is 13.2 Å². The van der Waals surface area contributed by atoms with Gasteiger partial charge in [-0.3, -0.25) is 4.79 Å². The van der Waals surface area contributed by atoms with Gasteiger partial charge in [-0.1, -0.05) is 30.7 Å². The zero-order valence-electron chi connectivity index (χ0n) is 17.9. The standard InChI is InChI=1S/C22H26ClF3N4O2/c1-3-13(12-31)17(27)14-7-9-30(10-8-14)21(32)18-19(23)28-20(29(18)2)15-5-4-6-16(11-15)22(24,25)26/h4-6,11,13-14,27,31H,3,7-10,12H2,1-2H3/t13-/m1/s1. The number of alkyl halides is 3. The van der Waals surface area contributed by atoms with Crippen LogP contribution in [0.2, 0.25) is 5.15 Å². The monoisotopic (exact) mass is 470 g/mol. The number of carbonyl (C=O) groups excluding carboxylic acids is 1. The molecule has 1 atom stereocenters. The maximum atomic E-state index is 13.1. The number of likely N-dealkylation sites (tertiary alicyclic amines) is 1. The van der Waals surface area contributed by atoms with Gasteiger partial charge in [0.1, 0.15) is 11.5 Å². The second-order valence-electron chi connectivity index (χ2n) is 8.02. The number of halogens is 4. The molecule has 174 valence electrons. The third kappa shape index (κ3) is 4.83. The molecule has 2 aromatic rings. The Morgan fingerprint density at radius 1 is 1.34 bits per heavy atom. The predicted octanol–water partition coefficient (Wildman–Crippen LogP) is 4.65. The SMILES string of the molecule is CC[C@H](CO)C(=N)C1CCN(C(=O)c2c(Cl)nc(-c3cccc(C(F)(F)F)c3)n2C)CC1. The van der Waals surface area contributed by atoms with Gasteiger partial charge in [0.05, 0.1) is 12.2 Å². The molecule has 2 N–H and O–H groups in total. The average Bonchev–Trinajstić information content (AvgIpc) is 3.07. The minimum Gasteiger partial charge on any atom is -0.396 e. The molecular weight excluding hydrogens is 445 g/mol. The molecule has 0 bridgehead atoms. The van der Waals surface area contributed by atoms with E-state index in [2.05, 4.69) is 4.98 Å². The van der Waals surface area contributed by atoms with E-state index >= 15 is 0 Å². The molecule has 1 aliphatic heterocycles. The second kappa shape index (κ2) is 9.62. The van der Waals surface area contributed by atoms with Crippen LogP contribution >= 0.6 is 11.6 Å². The lowest BCUT2D eigenvalue weighted by atomic mass is 9.84. The fourth-order valence-electron chi connectivity index (χ4n) is 4.11. The van der Waals surface area contributed by atoms with E-state index in [1.54, 1.807) is 11.9 Å². The van der Waals surface area contributed by atoms with Gasteiger partial charge < -0.3 is 20.0 Å². The molecular formula is C22H26ClF3N4O2. The molecule has 32 heavy (non-hydrogen) atoms. The smallest absolute Gasteiger partial charge is 0.396 e. The van der Waals surface area contributed by atoms with E-state index in [1.807, 2.05) is 6.92 Å². The first kappa shape index (κ1) is 24.3. The van der Waals surface area contributed by atoms with Crippen molar-refractivity contribution < 1.29 is 23.1 Å². The lowest BCUT2D eigenvalue weighted by molar-refractivity contribution is -0.137. The van der Waals surface area contributed by atoms with Crippen molar-refractivity contribution in [2.45, 2.75) is 32.4 Å². The van der Waals surface area contributed by atoms with Gasteiger partial charge in [0.2, 0.25) is 0 Å². The van der Waals surface area contributed by atoms with Crippen molar-refractivity contribution in [3.8, 4) is 11.4 Å². The van der Waals surface area contributed by atoms with E-state index in [4.69, 9.17) is 17.0 Å². The van der Waals surface area contributed by atoms with E-state index in [0.29, 0.717) is 38.1 Å². The summed E-state index contributed by atoms with van der Waals surface area (Å²) >= 11 is 6.24. The Kier molecular flexibility index (Phi) is 7.29. The molecule has 1 aliphatic rings. The molecule has 0 spiro atoms. The van der Waals surface area contributed by atoms with Crippen molar-refractivity contribution in [3.63, 3.8) is 0 Å². The van der Waals surface area contributed by atoms with Gasteiger partial charge in [-0.2, -0.15) is 13.2 Å². The summed E-state index contributed by atoms with van der Waals surface area (Å²) in [6.45, 7) is 2.72. The molecule has 1 aromatic carbocycles. The maximum absolute atomic E-state index is 13.1. The number of amides is 1. The number of aliphatic hydroxyl groups excluding tert-OH is 1. The number of imidazole rings is 1. The third-order valence-corrected chi connectivity index (χ3v) is 6.34. The van der Waals surface area contributed by atoms with E-state index in [1.165, 1.54) is 16.7 Å². The van der Waals surface area contributed by atoms with Gasteiger partial charge in [-0.25, -0.2) is 4.98 Å². The summed E-state index contributed by atoms with van der Waals surface area (Å²) in [5.41, 5.74) is 0.0479. The Morgan fingerprint density at radius 3 is 2.56 bits per heavy atom. The number of rotatable bonds is 6. The Hall–Kier alpha value is -2.39. The molecule has 0 aliphatic carbocycles. The Labute approximate surface area is 189 Å². The van der Waals surface area contributed by atoms with Crippen molar-refractivity contribution in [2.24, 2.45) is 18.9 Å². The molecule has 0 unspecified atom stereocenters. The van der Waals surface area contributed by atoms with Gasteiger partial charge in [-0.05, 0) is 31.4 Å². The number of benzene rings is 1. The fourth-order valence-corrected chi connectivity index (χ4v) is 4.40. The highest BCUT2D eigenvalue weighted by Gasteiger charge is 2.33. The third-order valence-electron chi connectivity index (χ3n) is 6.08. The van der Waals surface area contributed by atoms with Crippen molar-refractivity contribution >= 4 is 23.2 Å². The van der Waals surface area contributed by atoms with E-state index in [-0.39, 0.29) is 46.6 Å². The molecule has 0 radical (unpaired) electrons. The summed E-state index contributed by atoms with van der Waals surface area (Å²) in [6.07, 6.45) is -2.58. The van der Waals surface area contributed by atoms with Gasteiger partial charge in [-0.15, -0.1) is 0 Å². The number of hydrogen-bond donors (Lipinski definition) is 2. The lowest BCUT2D eigenvalue weighted by Gasteiger charge is -2.34. The molecule has 1 saturated heterocycles. The molecule has 6 nitrogen and oxygen atoms in total. The van der Waals surface area contributed by atoms with Gasteiger partial charge >= 0.3 is 6.18 Å². The van der Waals surface area contributed by atoms with E-state index < -0.39 is 11.7 Å². The first-order valence-corrected chi connectivity index (χ1v) is 10.8. The Balaban J connectivity index is 1.78. The molecule has 1 fully saturated rings. The first-order valence-electron chi connectivity index (χ1n) is 10.5. The highest BCUT2D eigenvalue weighted by molar-refractivity contribution is 6.32. The molecule has 1 aromatic heterocycles. The van der Waals surface area contributed by atoms with Crippen molar-refractivity contribution in [1.82, 2.24) is 14.5 Å². The van der Waals surface area contributed by atoms with E-state index in [9.17, 15) is 23.1 Å². The number of nitrogens with zero attached hydrogens (tertiary/aromatic N) is 3. The largest absolute Gasteiger partial charge is 0.416 e. The molecule has 10 heteroatoms. The van der Waals surface area contributed by atoms with Crippen LogP contribution in [0.3, 0.4) is 0 Å². The van der Waals surface area contributed by atoms with Crippen molar-refractivity contribution in [1.29, 1.82) is 5.41 Å².